The zero-order valence-corrected chi connectivity index (χ0v) is 27.2. The van der Waals surface area contributed by atoms with Gasteiger partial charge in [-0.2, -0.15) is 0 Å². The topological polar surface area (TPSA) is 80.0 Å². The molecule has 236 valence electrons. The number of allylic oxidation sites excluding steroid dienone is 1. The molecule has 5 heteroatoms. The van der Waals surface area contributed by atoms with Crippen LogP contribution >= 0.6 is 0 Å². The number of fused-ring (bicyclic) bond motifs is 2. The highest BCUT2D eigenvalue weighted by molar-refractivity contribution is 6.11. The third-order valence-corrected chi connectivity index (χ3v) is 9.01. The molecule has 48 heavy (non-hydrogen) atoms. The molecule has 0 amide bonds. The molecule has 0 atom stereocenters. The summed E-state index contributed by atoms with van der Waals surface area (Å²) in [6.45, 7) is 1.28. The fourth-order valence-corrected chi connectivity index (χ4v) is 6.49. The predicted octanol–water partition coefficient (Wildman–Crippen LogP) is 8.90. The van der Waals surface area contributed by atoms with Crippen molar-refractivity contribution < 1.29 is 0 Å². The lowest BCUT2D eigenvalue weighted by atomic mass is 9.85. The summed E-state index contributed by atoms with van der Waals surface area (Å²) in [6.07, 6.45) is 4.30. The second kappa shape index (κ2) is 13.8. The number of amidine groups is 2. The number of benzene rings is 6. The minimum Gasteiger partial charge on any atom is -0.397 e. The smallest absolute Gasteiger partial charge is 0.157 e. The Balaban J connectivity index is 1.23. The van der Waals surface area contributed by atoms with E-state index in [0.29, 0.717) is 18.2 Å². The summed E-state index contributed by atoms with van der Waals surface area (Å²) in [5.74, 6) is 1.06. The molecule has 5 nitrogen and oxygen atoms in total. The van der Waals surface area contributed by atoms with E-state index in [-0.39, 0.29) is 0 Å². The van der Waals surface area contributed by atoms with Gasteiger partial charge in [0.1, 0.15) is 5.84 Å². The van der Waals surface area contributed by atoms with Crippen molar-refractivity contribution in [2.24, 2.45) is 15.7 Å². The maximum Gasteiger partial charge on any atom is 0.157 e. The van der Waals surface area contributed by atoms with Crippen LogP contribution in [0.15, 0.2) is 150 Å². The number of hydrogen-bond acceptors (Lipinski definition) is 3. The molecule has 0 aliphatic heterocycles. The van der Waals surface area contributed by atoms with Crippen molar-refractivity contribution in [3.8, 4) is 0 Å². The lowest BCUT2D eigenvalue weighted by Gasteiger charge is -2.23. The number of nitrogen functional groups attached to an aromatic ring is 1. The van der Waals surface area contributed by atoms with Crippen LogP contribution in [0, 0.1) is 0 Å². The van der Waals surface area contributed by atoms with Crippen LogP contribution in [0.1, 0.15) is 45.4 Å². The van der Waals surface area contributed by atoms with E-state index in [1.807, 2.05) is 78.9 Å². The number of aliphatic imine (C=N–C) groups is 2. The first-order valence-corrected chi connectivity index (χ1v) is 16.4. The normalized spacial score (nSPS) is 13.2. The van der Waals surface area contributed by atoms with Gasteiger partial charge in [-0.15, -0.1) is 0 Å². The van der Waals surface area contributed by atoms with E-state index in [2.05, 4.69) is 78.7 Å². The van der Waals surface area contributed by atoms with Crippen LogP contribution in [0.5, 0.6) is 0 Å². The summed E-state index contributed by atoms with van der Waals surface area (Å²) in [7, 11) is 2.09. The molecule has 7 rings (SSSR count). The summed E-state index contributed by atoms with van der Waals surface area (Å²) in [4.78, 5) is 12.2. The lowest BCUT2D eigenvalue weighted by molar-refractivity contribution is 0.913. The predicted molar refractivity (Wildman–Crippen MR) is 203 cm³/mol. The first-order valence-electron chi connectivity index (χ1n) is 16.4. The molecule has 1 aliphatic rings. The van der Waals surface area contributed by atoms with Crippen molar-refractivity contribution in [3.05, 3.63) is 178 Å². The second-order valence-electron chi connectivity index (χ2n) is 12.3. The van der Waals surface area contributed by atoms with Crippen molar-refractivity contribution in [1.82, 2.24) is 0 Å². The maximum atomic E-state index is 6.49. The third kappa shape index (κ3) is 6.76. The fraction of sp³-hybridized carbons (Fsp3) is 0.116. The lowest BCUT2D eigenvalue weighted by Crippen LogP contribution is -2.18. The highest BCUT2D eigenvalue weighted by Gasteiger charge is 2.17. The number of para-hydroxylation sites is 2. The molecular weight excluding hydrogens is 587 g/mol. The number of aryl methyl sites for hydroxylation is 1. The molecule has 4 N–H and O–H groups in total. The molecule has 0 aromatic heterocycles. The van der Waals surface area contributed by atoms with E-state index >= 15 is 0 Å². The monoisotopic (exact) mass is 625 g/mol. The third-order valence-electron chi connectivity index (χ3n) is 9.01. The standard InChI is InChI=1S/C43H39N5/c1-48(41-19-11-10-18-40(41)44)29-30-20-21-36-25-37(23-22-35(36)24-30)39-27-34-17-9-8-16-33(34)26-38(39)28-46-43(32-14-6-3-7-15-32)47-42(45)31-12-4-2-5-13-31/h2-21,24-27H,22-23,28-29,44H2,1H3,(H2,45,46,47). The van der Waals surface area contributed by atoms with E-state index < -0.39 is 0 Å². The van der Waals surface area contributed by atoms with Crippen molar-refractivity contribution in [2.75, 3.05) is 17.7 Å². The average molecular weight is 626 g/mol. The molecule has 0 unspecified atom stereocenters. The molecule has 6 aromatic rings. The summed E-state index contributed by atoms with van der Waals surface area (Å²) >= 11 is 0. The molecule has 0 fully saturated rings. The zero-order valence-electron chi connectivity index (χ0n) is 27.2. The first kappa shape index (κ1) is 30.7. The first-order chi connectivity index (χ1) is 23.5. The van der Waals surface area contributed by atoms with Gasteiger partial charge in [-0.3, -0.25) is 4.99 Å². The summed E-state index contributed by atoms with van der Waals surface area (Å²) in [6, 6.07) is 48.0. The van der Waals surface area contributed by atoms with Gasteiger partial charge in [0.25, 0.3) is 0 Å². The summed E-state index contributed by atoms with van der Waals surface area (Å²) < 4.78 is 0. The second-order valence-corrected chi connectivity index (χ2v) is 12.3. The van der Waals surface area contributed by atoms with Gasteiger partial charge in [-0.05, 0) is 81.3 Å². The van der Waals surface area contributed by atoms with Crippen LogP contribution in [0.3, 0.4) is 0 Å². The molecule has 6 aromatic carbocycles. The Morgan fingerprint density at radius 2 is 1.38 bits per heavy atom. The van der Waals surface area contributed by atoms with E-state index in [1.165, 1.54) is 44.2 Å². The molecule has 0 heterocycles. The Hall–Kier alpha value is -5.94. The van der Waals surface area contributed by atoms with E-state index in [0.717, 1.165) is 41.9 Å². The highest BCUT2D eigenvalue weighted by Crippen LogP contribution is 2.35. The van der Waals surface area contributed by atoms with Gasteiger partial charge in [-0.25, -0.2) is 4.99 Å². The molecule has 1 aliphatic carbocycles. The molecular formula is C43H39N5. The largest absolute Gasteiger partial charge is 0.397 e. The van der Waals surface area contributed by atoms with Crippen molar-refractivity contribution in [1.29, 1.82) is 0 Å². The molecule has 0 saturated carbocycles. The number of rotatable bonds is 8. The maximum absolute atomic E-state index is 6.49. The van der Waals surface area contributed by atoms with E-state index in [9.17, 15) is 0 Å². The molecule has 0 saturated heterocycles. The zero-order chi connectivity index (χ0) is 32.9. The highest BCUT2D eigenvalue weighted by atomic mass is 15.1. The van der Waals surface area contributed by atoms with Crippen LogP contribution in [0.4, 0.5) is 11.4 Å². The average Bonchev–Trinajstić information content (AvgIpc) is 3.13. The molecule has 0 bridgehead atoms. The Morgan fingerprint density at radius 3 is 2.12 bits per heavy atom. The van der Waals surface area contributed by atoms with Gasteiger partial charge >= 0.3 is 0 Å². The molecule has 0 spiro atoms. The SMILES string of the molecule is CN(Cc1ccc2c(c1)CCC(c1cc3ccccc3cc1C/N=C(\N=C(/N)c1ccccc1)c1ccccc1)=C2)c1ccccc1N. The summed E-state index contributed by atoms with van der Waals surface area (Å²) in [5, 5.41) is 2.42. The van der Waals surface area contributed by atoms with E-state index in [4.69, 9.17) is 21.5 Å². The number of anilines is 2. The number of nitrogens with zero attached hydrogens (tertiary/aromatic N) is 3. The van der Waals surface area contributed by atoms with Crippen LogP contribution < -0.4 is 16.4 Å². The minimum atomic E-state index is 0.446. The van der Waals surface area contributed by atoms with Gasteiger partial charge < -0.3 is 16.4 Å². The van der Waals surface area contributed by atoms with Crippen LogP contribution in [-0.2, 0) is 19.5 Å². The van der Waals surface area contributed by atoms with Gasteiger partial charge in [-0.1, -0.05) is 121 Å². The number of nitrogens with two attached hydrogens (primary N) is 2. The van der Waals surface area contributed by atoms with Crippen molar-refractivity contribution >= 4 is 45.5 Å². The Labute approximate surface area is 282 Å². The molecule has 0 radical (unpaired) electrons. The van der Waals surface area contributed by atoms with Gasteiger partial charge in [0.2, 0.25) is 0 Å². The van der Waals surface area contributed by atoms with E-state index in [1.54, 1.807) is 0 Å². The Bertz CT molecular complexity index is 2160. The van der Waals surface area contributed by atoms with Gasteiger partial charge in [0.15, 0.2) is 5.84 Å². The van der Waals surface area contributed by atoms with Crippen LogP contribution in [-0.4, -0.2) is 18.7 Å². The Kier molecular flexibility index (Phi) is 8.84. The van der Waals surface area contributed by atoms with Crippen molar-refractivity contribution in [3.63, 3.8) is 0 Å². The quantitative estimate of drug-likeness (QED) is 0.101. The summed E-state index contributed by atoms with van der Waals surface area (Å²) in [5.41, 5.74) is 24.1. The van der Waals surface area contributed by atoms with Crippen molar-refractivity contribution in [2.45, 2.75) is 25.9 Å². The Morgan fingerprint density at radius 1 is 0.708 bits per heavy atom. The number of hydrogen-bond donors (Lipinski definition) is 2. The van der Waals surface area contributed by atoms with Gasteiger partial charge in [0, 0.05) is 24.7 Å². The van der Waals surface area contributed by atoms with Crippen LogP contribution in [0.2, 0.25) is 0 Å². The van der Waals surface area contributed by atoms with Crippen LogP contribution in [0.25, 0.3) is 22.4 Å². The fourth-order valence-electron chi connectivity index (χ4n) is 6.49. The minimum absolute atomic E-state index is 0.446. The van der Waals surface area contributed by atoms with Gasteiger partial charge in [0.05, 0.1) is 17.9 Å².